The van der Waals surface area contributed by atoms with E-state index < -0.39 is 17.7 Å². The van der Waals surface area contributed by atoms with E-state index in [1.165, 1.54) is 25.4 Å². The highest BCUT2D eigenvalue weighted by molar-refractivity contribution is 6.51. The topological polar surface area (TPSA) is 98.4 Å². The predicted octanol–water partition coefficient (Wildman–Crippen LogP) is 4.71. The lowest BCUT2D eigenvalue weighted by Crippen LogP contribution is -2.29. The molecule has 0 radical (unpaired) electrons. The normalized spacial score (nSPS) is 17.3. The van der Waals surface area contributed by atoms with Crippen molar-refractivity contribution in [1.29, 1.82) is 0 Å². The van der Waals surface area contributed by atoms with Crippen LogP contribution in [0.4, 0.5) is 5.69 Å². The quantitative estimate of drug-likeness (QED) is 0.308. The smallest absolute Gasteiger partial charge is 0.300 e. The molecule has 1 N–H and O–H groups in total. The van der Waals surface area contributed by atoms with Gasteiger partial charge >= 0.3 is 0 Å². The SMILES string of the molecule is COc1ccc(N2C(=O)C(=O)/C(=C(\O)c3ccc(OC(C)C)cc3)C2c2ccco2)cc1OC. The summed E-state index contributed by atoms with van der Waals surface area (Å²) in [6, 6.07) is 13.9. The molecule has 0 aliphatic carbocycles. The Bertz CT molecular complexity index is 1230. The Morgan fingerprint density at radius 3 is 2.29 bits per heavy atom. The summed E-state index contributed by atoms with van der Waals surface area (Å²) in [7, 11) is 2.98. The maximum absolute atomic E-state index is 13.2. The fourth-order valence-electron chi connectivity index (χ4n) is 3.91. The van der Waals surface area contributed by atoms with Crippen molar-refractivity contribution >= 4 is 23.1 Å². The van der Waals surface area contributed by atoms with E-state index in [-0.39, 0.29) is 17.4 Å². The zero-order valence-corrected chi connectivity index (χ0v) is 19.3. The number of carbonyl (C=O) groups excluding carboxylic acids is 2. The fraction of sp³-hybridized carbons (Fsp3) is 0.231. The standard InChI is InChI=1S/C26H25NO7/c1-15(2)34-18-10-7-16(8-11-18)24(28)22-23(20-6-5-13-33-20)27(26(30)25(22)29)17-9-12-19(31-3)21(14-17)32-4/h5-15,23,28H,1-4H3/b24-22-. The lowest BCUT2D eigenvalue weighted by Gasteiger charge is -2.24. The van der Waals surface area contributed by atoms with Gasteiger partial charge in [-0.15, -0.1) is 0 Å². The average Bonchev–Trinajstić information content (AvgIpc) is 3.45. The molecule has 1 unspecified atom stereocenters. The number of Topliss-reactive ketones (excluding diaryl/α,β-unsaturated/α-hetero) is 1. The van der Waals surface area contributed by atoms with Gasteiger partial charge in [0.15, 0.2) is 11.5 Å². The third-order valence-corrected chi connectivity index (χ3v) is 5.40. The second-order valence-electron chi connectivity index (χ2n) is 7.91. The van der Waals surface area contributed by atoms with Gasteiger partial charge in [-0.25, -0.2) is 0 Å². The predicted molar refractivity (Wildman–Crippen MR) is 125 cm³/mol. The van der Waals surface area contributed by atoms with E-state index in [0.29, 0.717) is 34.3 Å². The molecule has 8 nitrogen and oxygen atoms in total. The van der Waals surface area contributed by atoms with Crippen molar-refractivity contribution in [3.8, 4) is 17.2 Å². The van der Waals surface area contributed by atoms with Crippen LogP contribution < -0.4 is 19.1 Å². The van der Waals surface area contributed by atoms with Gasteiger partial charge in [0.05, 0.1) is 32.2 Å². The summed E-state index contributed by atoms with van der Waals surface area (Å²) < 4.78 is 21.9. The minimum absolute atomic E-state index is 0.00906. The largest absolute Gasteiger partial charge is 0.507 e. The van der Waals surface area contributed by atoms with Crippen molar-refractivity contribution in [2.45, 2.75) is 26.0 Å². The van der Waals surface area contributed by atoms with Crippen LogP contribution in [0.2, 0.25) is 0 Å². The first-order valence-electron chi connectivity index (χ1n) is 10.7. The Labute approximate surface area is 197 Å². The molecule has 1 aromatic heterocycles. The number of aliphatic hydroxyl groups excluding tert-OH is 1. The maximum Gasteiger partial charge on any atom is 0.300 e. The van der Waals surface area contributed by atoms with Crippen molar-refractivity contribution in [3.63, 3.8) is 0 Å². The first-order chi connectivity index (χ1) is 16.3. The third-order valence-electron chi connectivity index (χ3n) is 5.40. The number of furan rings is 1. The second-order valence-corrected chi connectivity index (χ2v) is 7.91. The molecule has 0 spiro atoms. The number of carbonyl (C=O) groups is 2. The Hall–Kier alpha value is -4.20. The number of methoxy groups -OCH3 is 2. The highest BCUT2D eigenvalue weighted by Crippen LogP contribution is 2.44. The van der Waals surface area contributed by atoms with Gasteiger partial charge in [-0.1, -0.05) is 0 Å². The van der Waals surface area contributed by atoms with E-state index in [1.807, 2.05) is 13.8 Å². The zero-order chi connectivity index (χ0) is 24.4. The molecular formula is C26H25NO7. The number of ether oxygens (including phenoxy) is 3. The van der Waals surface area contributed by atoms with Crippen molar-refractivity contribution in [2.24, 2.45) is 0 Å². The van der Waals surface area contributed by atoms with Crippen molar-refractivity contribution < 1.29 is 33.3 Å². The molecule has 1 atom stereocenters. The number of benzene rings is 2. The number of aliphatic hydroxyl groups is 1. The average molecular weight is 463 g/mol. The molecule has 4 rings (SSSR count). The van der Waals surface area contributed by atoms with E-state index in [0.717, 1.165) is 0 Å². The number of rotatable bonds is 7. The first-order valence-corrected chi connectivity index (χ1v) is 10.7. The fourth-order valence-corrected chi connectivity index (χ4v) is 3.91. The molecule has 1 saturated heterocycles. The Morgan fingerprint density at radius 1 is 1.00 bits per heavy atom. The molecule has 1 amide bonds. The highest BCUT2D eigenvalue weighted by atomic mass is 16.5. The Kier molecular flexibility index (Phi) is 6.32. The van der Waals surface area contributed by atoms with Gasteiger partial charge in [0.2, 0.25) is 0 Å². The molecule has 1 aliphatic rings. The van der Waals surface area contributed by atoms with Gasteiger partial charge in [0.1, 0.15) is 23.3 Å². The minimum Gasteiger partial charge on any atom is -0.507 e. The summed E-state index contributed by atoms with van der Waals surface area (Å²) in [5.74, 6) is -0.109. The lowest BCUT2D eigenvalue weighted by molar-refractivity contribution is -0.132. The van der Waals surface area contributed by atoms with Crippen LogP contribution in [-0.2, 0) is 9.59 Å². The number of ketones is 1. The van der Waals surface area contributed by atoms with Gasteiger partial charge in [-0.05, 0) is 62.4 Å². The van der Waals surface area contributed by atoms with Crippen LogP contribution in [0.3, 0.4) is 0 Å². The van der Waals surface area contributed by atoms with E-state index >= 15 is 0 Å². The molecular weight excluding hydrogens is 438 g/mol. The van der Waals surface area contributed by atoms with E-state index in [4.69, 9.17) is 18.6 Å². The summed E-state index contributed by atoms with van der Waals surface area (Å²) in [5, 5.41) is 11.2. The molecule has 8 heteroatoms. The number of hydrogen-bond acceptors (Lipinski definition) is 7. The van der Waals surface area contributed by atoms with Crippen LogP contribution in [-0.4, -0.2) is 37.1 Å². The van der Waals surface area contributed by atoms with Gasteiger partial charge in [0.25, 0.3) is 11.7 Å². The molecule has 3 aromatic rings. The first kappa shape index (κ1) is 23.0. The third kappa shape index (κ3) is 4.10. The summed E-state index contributed by atoms with van der Waals surface area (Å²) >= 11 is 0. The summed E-state index contributed by atoms with van der Waals surface area (Å²) in [4.78, 5) is 27.6. The summed E-state index contributed by atoms with van der Waals surface area (Å²) in [6.07, 6.45) is 1.44. The molecule has 2 aromatic carbocycles. The number of nitrogens with zero attached hydrogens (tertiary/aromatic N) is 1. The van der Waals surface area contributed by atoms with E-state index in [2.05, 4.69) is 0 Å². The minimum atomic E-state index is -0.973. The second kappa shape index (κ2) is 9.35. The van der Waals surface area contributed by atoms with E-state index in [9.17, 15) is 14.7 Å². The molecule has 1 aliphatic heterocycles. The maximum atomic E-state index is 13.2. The number of anilines is 1. The molecule has 1 fully saturated rings. The van der Waals surface area contributed by atoms with Crippen molar-refractivity contribution in [3.05, 3.63) is 77.8 Å². The molecule has 34 heavy (non-hydrogen) atoms. The zero-order valence-electron chi connectivity index (χ0n) is 19.3. The van der Waals surface area contributed by atoms with E-state index in [1.54, 1.807) is 54.6 Å². The summed E-state index contributed by atoms with van der Waals surface area (Å²) in [5.41, 5.74) is 0.686. The van der Waals surface area contributed by atoms with Crippen LogP contribution >= 0.6 is 0 Å². The van der Waals surface area contributed by atoms with Gasteiger partial charge in [0, 0.05) is 17.3 Å². The van der Waals surface area contributed by atoms with Crippen LogP contribution in [0.25, 0.3) is 5.76 Å². The number of hydrogen-bond donors (Lipinski definition) is 1. The summed E-state index contributed by atoms with van der Waals surface area (Å²) in [6.45, 7) is 3.82. The van der Waals surface area contributed by atoms with Crippen LogP contribution in [0.15, 0.2) is 70.9 Å². The molecule has 2 heterocycles. The Balaban J connectivity index is 1.83. The van der Waals surface area contributed by atoms with Gasteiger partial charge in [-0.2, -0.15) is 0 Å². The molecule has 0 bridgehead atoms. The van der Waals surface area contributed by atoms with Gasteiger partial charge < -0.3 is 23.7 Å². The van der Waals surface area contributed by atoms with Crippen LogP contribution in [0.1, 0.15) is 31.2 Å². The lowest BCUT2D eigenvalue weighted by atomic mass is 9.99. The van der Waals surface area contributed by atoms with Crippen LogP contribution in [0, 0.1) is 0 Å². The van der Waals surface area contributed by atoms with Gasteiger partial charge in [-0.3, -0.25) is 14.5 Å². The number of amides is 1. The van der Waals surface area contributed by atoms with Crippen molar-refractivity contribution in [2.75, 3.05) is 19.1 Å². The highest BCUT2D eigenvalue weighted by Gasteiger charge is 2.48. The monoisotopic (exact) mass is 463 g/mol. The van der Waals surface area contributed by atoms with Crippen molar-refractivity contribution in [1.82, 2.24) is 0 Å². The Morgan fingerprint density at radius 2 is 1.71 bits per heavy atom. The van der Waals surface area contributed by atoms with Crippen LogP contribution in [0.5, 0.6) is 17.2 Å². The molecule has 0 saturated carbocycles. The molecule has 176 valence electrons.